The minimum atomic E-state index is -1.17. The summed E-state index contributed by atoms with van der Waals surface area (Å²) in [6.07, 6.45) is 2.22. The number of thioether (sulfide) groups is 1. The van der Waals surface area contributed by atoms with Gasteiger partial charge < -0.3 is 32.5 Å². The monoisotopic (exact) mass is 461 g/mol. The third kappa shape index (κ3) is 12.2. The lowest BCUT2D eigenvalue weighted by Gasteiger charge is -2.23. The normalized spacial score (nSPS) is 14.8. The maximum atomic E-state index is 12.6. The first-order chi connectivity index (χ1) is 14.4. The van der Waals surface area contributed by atoms with E-state index in [4.69, 9.17) is 11.5 Å². The number of carboxylic acid groups (broad SMARTS) is 1. The van der Waals surface area contributed by atoms with Crippen molar-refractivity contribution in [3.63, 3.8) is 0 Å². The first kappa shape index (κ1) is 28.7. The smallest absolute Gasteiger partial charge is 0.326 e. The third-order valence-corrected chi connectivity index (χ3v) is 5.00. The van der Waals surface area contributed by atoms with Gasteiger partial charge in [0.25, 0.3) is 0 Å². The summed E-state index contributed by atoms with van der Waals surface area (Å²) in [6, 6.07) is -4.11. The molecule has 0 bridgehead atoms. The van der Waals surface area contributed by atoms with Gasteiger partial charge in [-0.3, -0.25) is 19.2 Å². The number of carboxylic acids is 1. The maximum absolute atomic E-state index is 12.6. The van der Waals surface area contributed by atoms with Crippen molar-refractivity contribution in [1.82, 2.24) is 16.0 Å². The number of carbonyl (C=O) groups is 5. The molecule has 12 heteroatoms. The van der Waals surface area contributed by atoms with E-state index in [1.165, 1.54) is 18.7 Å². The van der Waals surface area contributed by atoms with Crippen molar-refractivity contribution in [2.45, 2.75) is 70.6 Å². The van der Waals surface area contributed by atoms with Crippen LogP contribution in [0, 0.1) is 5.92 Å². The highest BCUT2D eigenvalue weighted by Crippen LogP contribution is 2.05. The molecule has 0 saturated carbocycles. The van der Waals surface area contributed by atoms with E-state index in [9.17, 15) is 29.1 Å². The molecule has 0 rings (SSSR count). The Balaban J connectivity index is 5.08. The zero-order valence-corrected chi connectivity index (χ0v) is 19.3. The van der Waals surface area contributed by atoms with E-state index in [2.05, 4.69) is 16.0 Å². The zero-order chi connectivity index (χ0) is 24.1. The summed E-state index contributed by atoms with van der Waals surface area (Å²) in [5, 5.41) is 16.5. The van der Waals surface area contributed by atoms with Crippen molar-refractivity contribution in [3.8, 4) is 0 Å². The van der Waals surface area contributed by atoms with Crippen LogP contribution in [0.3, 0.4) is 0 Å². The molecule has 178 valence electrons. The van der Waals surface area contributed by atoms with Crippen LogP contribution in [0.15, 0.2) is 0 Å². The Labute approximate surface area is 186 Å². The van der Waals surface area contributed by atoms with Crippen LogP contribution < -0.4 is 27.4 Å². The van der Waals surface area contributed by atoms with E-state index in [-0.39, 0.29) is 25.2 Å². The van der Waals surface area contributed by atoms with Crippen molar-refractivity contribution < 1.29 is 29.1 Å². The average molecular weight is 462 g/mol. The molecule has 0 aliphatic heterocycles. The summed E-state index contributed by atoms with van der Waals surface area (Å²) in [5.41, 5.74) is 11.0. The lowest BCUT2D eigenvalue weighted by molar-refractivity contribution is -0.142. The van der Waals surface area contributed by atoms with Gasteiger partial charge in [-0.2, -0.15) is 11.8 Å². The van der Waals surface area contributed by atoms with E-state index < -0.39 is 53.8 Å². The predicted octanol–water partition coefficient (Wildman–Crippen LogP) is -1.06. The lowest BCUT2D eigenvalue weighted by Crippen LogP contribution is -2.56. The molecule has 31 heavy (non-hydrogen) atoms. The number of aliphatic carboxylic acids is 1. The molecule has 11 nitrogen and oxygen atoms in total. The summed E-state index contributed by atoms with van der Waals surface area (Å²) in [4.78, 5) is 59.7. The molecule has 4 unspecified atom stereocenters. The molecule has 0 heterocycles. The van der Waals surface area contributed by atoms with Crippen LogP contribution in [0.25, 0.3) is 0 Å². The van der Waals surface area contributed by atoms with Crippen LogP contribution in [-0.2, 0) is 24.0 Å². The second-order valence-corrected chi connectivity index (χ2v) is 8.70. The van der Waals surface area contributed by atoms with Crippen molar-refractivity contribution in [2.24, 2.45) is 17.4 Å². The largest absolute Gasteiger partial charge is 0.480 e. The highest BCUT2D eigenvalue weighted by molar-refractivity contribution is 7.98. The summed E-state index contributed by atoms with van der Waals surface area (Å²) in [5.74, 6) is -3.07. The number of nitrogens with two attached hydrogens (primary N) is 2. The Morgan fingerprint density at radius 2 is 1.48 bits per heavy atom. The Hall–Kier alpha value is -2.34. The first-order valence-corrected chi connectivity index (χ1v) is 11.4. The second-order valence-electron chi connectivity index (χ2n) is 7.71. The van der Waals surface area contributed by atoms with E-state index in [0.29, 0.717) is 12.2 Å². The molecular weight excluding hydrogens is 426 g/mol. The van der Waals surface area contributed by atoms with E-state index in [1.807, 2.05) is 20.1 Å². The van der Waals surface area contributed by atoms with Gasteiger partial charge in [-0.15, -0.1) is 0 Å². The van der Waals surface area contributed by atoms with Gasteiger partial charge in [-0.25, -0.2) is 4.79 Å². The number of rotatable bonds is 15. The second kappa shape index (κ2) is 14.6. The minimum Gasteiger partial charge on any atom is -0.480 e. The Morgan fingerprint density at radius 3 is 1.97 bits per heavy atom. The number of carbonyl (C=O) groups excluding carboxylic acids is 4. The van der Waals surface area contributed by atoms with Crippen molar-refractivity contribution in [3.05, 3.63) is 0 Å². The number of nitrogens with one attached hydrogen (secondary N) is 3. The van der Waals surface area contributed by atoms with E-state index in [0.717, 1.165) is 0 Å². The molecule has 0 fully saturated rings. The summed E-state index contributed by atoms with van der Waals surface area (Å²) >= 11 is 1.44. The molecule has 4 atom stereocenters. The van der Waals surface area contributed by atoms with Gasteiger partial charge in [0.05, 0.1) is 6.04 Å². The predicted molar refractivity (Wildman–Crippen MR) is 118 cm³/mol. The van der Waals surface area contributed by atoms with Gasteiger partial charge in [-0.05, 0) is 44.1 Å². The molecule has 0 spiro atoms. The molecule has 0 aliphatic rings. The van der Waals surface area contributed by atoms with E-state index in [1.54, 1.807) is 0 Å². The Bertz CT molecular complexity index is 645. The SMILES string of the molecule is CSCCC(NC(=O)C(C)NC(=O)C(CCC(N)=O)NC(=O)C(N)CC(C)C)C(=O)O. The van der Waals surface area contributed by atoms with Crippen LogP contribution in [0.2, 0.25) is 0 Å². The Kier molecular flexibility index (Phi) is 13.5. The number of primary amides is 1. The number of amides is 4. The van der Waals surface area contributed by atoms with Crippen molar-refractivity contribution in [2.75, 3.05) is 12.0 Å². The number of hydrogen-bond acceptors (Lipinski definition) is 7. The van der Waals surface area contributed by atoms with Crippen LogP contribution in [-0.4, -0.2) is 70.9 Å². The highest BCUT2D eigenvalue weighted by atomic mass is 32.2. The number of hydrogen-bond donors (Lipinski definition) is 6. The summed E-state index contributed by atoms with van der Waals surface area (Å²) in [6.45, 7) is 5.18. The van der Waals surface area contributed by atoms with Crippen molar-refractivity contribution in [1.29, 1.82) is 0 Å². The highest BCUT2D eigenvalue weighted by Gasteiger charge is 2.28. The van der Waals surface area contributed by atoms with Crippen molar-refractivity contribution >= 4 is 41.4 Å². The van der Waals surface area contributed by atoms with Gasteiger partial charge in [0.1, 0.15) is 18.1 Å². The zero-order valence-electron chi connectivity index (χ0n) is 18.5. The molecule has 4 amide bonds. The Morgan fingerprint density at radius 1 is 0.903 bits per heavy atom. The fourth-order valence-electron chi connectivity index (χ4n) is 2.62. The van der Waals surface area contributed by atoms with Gasteiger partial charge in [-0.1, -0.05) is 13.8 Å². The van der Waals surface area contributed by atoms with E-state index >= 15 is 0 Å². The quantitative estimate of drug-likeness (QED) is 0.177. The standard InChI is InChI=1S/C19H35N5O6S/c1-10(2)9-12(20)17(27)23-13(5-6-15(21)25)18(28)22-11(3)16(26)24-14(19(29)30)7-8-31-4/h10-14H,5-9,20H2,1-4H3,(H2,21,25)(H,22,28)(H,23,27)(H,24,26)(H,29,30). The molecular formula is C19H35N5O6S. The molecule has 0 aliphatic carbocycles. The fourth-order valence-corrected chi connectivity index (χ4v) is 3.09. The summed E-state index contributed by atoms with van der Waals surface area (Å²) < 4.78 is 0. The van der Waals surface area contributed by atoms with Gasteiger partial charge in [0, 0.05) is 6.42 Å². The lowest BCUT2D eigenvalue weighted by atomic mass is 10.0. The molecule has 0 saturated heterocycles. The van der Waals surface area contributed by atoms with Gasteiger partial charge in [0.15, 0.2) is 0 Å². The maximum Gasteiger partial charge on any atom is 0.326 e. The van der Waals surface area contributed by atoms with Crippen LogP contribution in [0.4, 0.5) is 0 Å². The van der Waals surface area contributed by atoms with Gasteiger partial charge >= 0.3 is 5.97 Å². The van der Waals surface area contributed by atoms with Crippen LogP contribution in [0.5, 0.6) is 0 Å². The first-order valence-electron chi connectivity index (χ1n) is 10.1. The minimum absolute atomic E-state index is 0.0683. The molecule has 0 radical (unpaired) electrons. The summed E-state index contributed by atoms with van der Waals surface area (Å²) in [7, 11) is 0. The molecule has 0 aromatic carbocycles. The topological polar surface area (TPSA) is 194 Å². The molecule has 0 aromatic heterocycles. The van der Waals surface area contributed by atoms with Crippen LogP contribution in [0.1, 0.15) is 46.5 Å². The van der Waals surface area contributed by atoms with Crippen LogP contribution >= 0.6 is 11.8 Å². The molecule has 8 N–H and O–H groups in total. The molecule has 0 aromatic rings. The fraction of sp³-hybridized carbons (Fsp3) is 0.737. The average Bonchev–Trinajstić information content (AvgIpc) is 2.66. The third-order valence-electron chi connectivity index (χ3n) is 4.35. The van der Waals surface area contributed by atoms with Gasteiger partial charge in [0.2, 0.25) is 23.6 Å².